The van der Waals surface area contributed by atoms with Crippen molar-refractivity contribution in [2.45, 2.75) is 51.8 Å². The first-order valence-corrected chi connectivity index (χ1v) is 6.84. The number of halogens is 2. The third-order valence-corrected chi connectivity index (χ3v) is 3.09. The summed E-state index contributed by atoms with van der Waals surface area (Å²) in [6.07, 6.45) is -0.290. The van der Waals surface area contributed by atoms with E-state index in [1.807, 2.05) is 13.8 Å². The summed E-state index contributed by atoms with van der Waals surface area (Å²) < 4.78 is 32.1. The Kier molecular flexibility index (Phi) is 5.66. The molecule has 1 amide bonds. The molecular formula is C15H22F2N2O2. The highest BCUT2D eigenvalue weighted by Crippen LogP contribution is 2.23. The number of nitrogens with one attached hydrogen (secondary N) is 1. The van der Waals surface area contributed by atoms with Crippen LogP contribution in [0.4, 0.5) is 8.78 Å². The summed E-state index contributed by atoms with van der Waals surface area (Å²) in [6.45, 7) is 7.11. The Balaban J connectivity index is 2.81. The molecule has 2 atom stereocenters. The Morgan fingerprint density at radius 1 is 1.38 bits per heavy atom. The van der Waals surface area contributed by atoms with Crippen LogP contribution < -0.4 is 15.8 Å². The number of amides is 1. The van der Waals surface area contributed by atoms with Gasteiger partial charge in [-0.05, 0) is 39.8 Å². The fraction of sp³-hybridized carbons (Fsp3) is 0.533. The second-order valence-electron chi connectivity index (χ2n) is 5.68. The standard InChI is InChI=1S/C15H22F2N2O2/c1-9(2)19-15(4,14(18)20)8-10(3)21-12-7-5-6-11(16)13(12)17/h5-7,9-10,19H,8H2,1-4H3,(H2,18,20). The monoisotopic (exact) mass is 300 g/mol. The van der Waals surface area contributed by atoms with Crippen LogP contribution in [0.1, 0.15) is 34.1 Å². The van der Waals surface area contributed by atoms with Crippen LogP contribution in [0.25, 0.3) is 0 Å². The second-order valence-corrected chi connectivity index (χ2v) is 5.68. The van der Waals surface area contributed by atoms with Crippen molar-refractivity contribution >= 4 is 5.91 Å². The fourth-order valence-electron chi connectivity index (χ4n) is 2.28. The fourth-order valence-corrected chi connectivity index (χ4v) is 2.28. The van der Waals surface area contributed by atoms with Crippen LogP contribution in [0, 0.1) is 11.6 Å². The molecule has 0 radical (unpaired) electrons. The van der Waals surface area contributed by atoms with Crippen LogP contribution in [0.15, 0.2) is 18.2 Å². The van der Waals surface area contributed by atoms with Gasteiger partial charge in [0.05, 0.1) is 11.6 Å². The molecule has 0 heterocycles. The molecule has 0 aliphatic heterocycles. The summed E-state index contributed by atoms with van der Waals surface area (Å²) in [5.74, 6) is -2.72. The van der Waals surface area contributed by atoms with Crippen molar-refractivity contribution in [2.75, 3.05) is 0 Å². The van der Waals surface area contributed by atoms with E-state index in [1.165, 1.54) is 12.1 Å². The molecule has 3 N–H and O–H groups in total. The lowest BCUT2D eigenvalue weighted by atomic mass is 9.93. The molecule has 0 fully saturated rings. The third kappa shape index (κ3) is 4.67. The minimum atomic E-state index is -1.04. The average molecular weight is 300 g/mol. The van der Waals surface area contributed by atoms with Crippen LogP contribution in [0.2, 0.25) is 0 Å². The molecule has 1 rings (SSSR count). The van der Waals surface area contributed by atoms with Crippen LogP contribution in [0.5, 0.6) is 5.75 Å². The molecule has 0 bridgehead atoms. The van der Waals surface area contributed by atoms with Crippen LogP contribution in [-0.2, 0) is 4.79 Å². The van der Waals surface area contributed by atoms with E-state index in [4.69, 9.17) is 10.5 Å². The summed E-state index contributed by atoms with van der Waals surface area (Å²) >= 11 is 0. The normalized spacial score (nSPS) is 15.6. The zero-order chi connectivity index (χ0) is 16.2. The van der Waals surface area contributed by atoms with Gasteiger partial charge in [-0.15, -0.1) is 0 Å². The molecule has 6 heteroatoms. The number of carbonyl (C=O) groups excluding carboxylic acids is 1. The van der Waals surface area contributed by atoms with E-state index in [1.54, 1.807) is 13.8 Å². The Morgan fingerprint density at radius 2 is 2.00 bits per heavy atom. The average Bonchev–Trinajstić information content (AvgIpc) is 2.33. The molecule has 4 nitrogen and oxygen atoms in total. The van der Waals surface area contributed by atoms with E-state index in [0.29, 0.717) is 0 Å². The SMILES string of the molecule is CC(C)NC(C)(CC(C)Oc1cccc(F)c1F)C(N)=O. The third-order valence-electron chi connectivity index (χ3n) is 3.09. The molecule has 118 valence electrons. The van der Waals surface area contributed by atoms with Gasteiger partial charge >= 0.3 is 0 Å². The number of carbonyl (C=O) groups is 1. The highest BCUT2D eigenvalue weighted by Gasteiger charge is 2.34. The Morgan fingerprint density at radius 3 is 2.52 bits per heavy atom. The lowest BCUT2D eigenvalue weighted by Gasteiger charge is -2.32. The number of ether oxygens (including phenoxy) is 1. The number of benzene rings is 1. The first kappa shape index (κ1) is 17.4. The predicted molar refractivity (Wildman–Crippen MR) is 76.9 cm³/mol. The lowest BCUT2D eigenvalue weighted by Crippen LogP contribution is -2.57. The smallest absolute Gasteiger partial charge is 0.237 e. The van der Waals surface area contributed by atoms with E-state index in [-0.39, 0.29) is 18.2 Å². The van der Waals surface area contributed by atoms with Crippen molar-refractivity contribution in [1.82, 2.24) is 5.32 Å². The first-order valence-electron chi connectivity index (χ1n) is 6.84. The lowest BCUT2D eigenvalue weighted by molar-refractivity contribution is -0.125. The summed E-state index contributed by atoms with van der Waals surface area (Å²) in [6, 6.07) is 3.76. The largest absolute Gasteiger partial charge is 0.487 e. The van der Waals surface area contributed by atoms with Crippen molar-refractivity contribution in [3.8, 4) is 5.75 Å². The van der Waals surface area contributed by atoms with Gasteiger partial charge in [-0.3, -0.25) is 4.79 Å². The molecular weight excluding hydrogens is 278 g/mol. The number of hydrogen-bond acceptors (Lipinski definition) is 3. The van der Waals surface area contributed by atoms with Gasteiger partial charge in [0.1, 0.15) is 0 Å². The maximum atomic E-state index is 13.6. The second kappa shape index (κ2) is 6.85. The molecule has 0 aliphatic carbocycles. The minimum Gasteiger partial charge on any atom is -0.487 e. The highest BCUT2D eigenvalue weighted by molar-refractivity contribution is 5.84. The van der Waals surface area contributed by atoms with Crippen molar-refractivity contribution in [2.24, 2.45) is 5.73 Å². The molecule has 2 unspecified atom stereocenters. The van der Waals surface area contributed by atoms with E-state index in [2.05, 4.69) is 5.32 Å². The Labute approximate surface area is 123 Å². The van der Waals surface area contributed by atoms with Gasteiger partial charge in [0, 0.05) is 12.5 Å². The first-order chi connectivity index (χ1) is 9.65. The van der Waals surface area contributed by atoms with Gasteiger partial charge in [0.25, 0.3) is 0 Å². The quantitative estimate of drug-likeness (QED) is 0.812. The predicted octanol–water partition coefficient (Wildman–Crippen LogP) is 2.36. The molecule has 0 saturated heterocycles. The van der Waals surface area contributed by atoms with Gasteiger partial charge in [0.15, 0.2) is 11.6 Å². The van der Waals surface area contributed by atoms with E-state index in [9.17, 15) is 13.6 Å². The van der Waals surface area contributed by atoms with Crippen LogP contribution >= 0.6 is 0 Å². The van der Waals surface area contributed by atoms with Crippen molar-refractivity contribution in [3.63, 3.8) is 0 Å². The van der Waals surface area contributed by atoms with Gasteiger partial charge in [-0.25, -0.2) is 4.39 Å². The highest BCUT2D eigenvalue weighted by atomic mass is 19.2. The van der Waals surface area contributed by atoms with E-state index < -0.39 is 29.2 Å². The molecule has 0 saturated carbocycles. The summed E-state index contributed by atoms with van der Waals surface area (Å²) in [7, 11) is 0. The summed E-state index contributed by atoms with van der Waals surface area (Å²) in [5, 5.41) is 3.08. The van der Waals surface area contributed by atoms with Gasteiger partial charge in [0.2, 0.25) is 11.7 Å². The van der Waals surface area contributed by atoms with Crippen LogP contribution in [0.3, 0.4) is 0 Å². The molecule has 0 aromatic heterocycles. The van der Waals surface area contributed by atoms with Gasteiger partial charge in [-0.1, -0.05) is 6.07 Å². The molecule has 21 heavy (non-hydrogen) atoms. The molecule has 0 spiro atoms. The van der Waals surface area contributed by atoms with E-state index >= 15 is 0 Å². The van der Waals surface area contributed by atoms with Gasteiger partial charge in [-0.2, -0.15) is 4.39 Å². The van der Waals surface area contributed by atoms with Gasteiger partial charge < -0.3 is 15.8 Å². The number of primary amides is 1. The molecule has 1 aromatic carbocycles. The molecule has 1 aromatic rings. The summed E-state index contributed by atoms with van der Waals surface area (Å²) in [4.78, 5) is 11.6. The maximum Gasteiger partial charge on any atom is 0.237 e. The number of rotatable bonds is 7. The minimum absolute atomic E-state index is 0.0422. The maximum absolute atomic E-state index is 13.6. The summed E-state index contributed by atoms with van der Waals surface area (Å²) in [5.41, 5.74) is 4.44. The van der Waals surface area contributed by atoms with Crippen molar-refractivity contribution < 1.29 is 18.3 Å². The topological polar surface area (TPSA) is 64.3 Å². The zero-order valence-corrected chi connectivity index (χ0v) is 12.7. The zero-order valence-electron chi connectivity index (χ0n) is 12.7. The van der Waals surface area contributed by atoms with Crippen molar-refractivity contribution in [3.05, 3.63) is 29.8 Å². The number of nitrogens with two attached hydrogens (primary N) is 1. The molecule has 0 aliphatic rings. The van der Waals surface area contributed by atoms with Crippen LogP contribution in [-0.4, -0.2) is 23.6 Å². The van der Waals surface area contributed by atoms with E-state index in [0.717, 1.165) is 6.07 Å². The Bertz CT molecular complexity index is 508. The number of hydrogen-bond donors (Lipinski definition) is 2. The van der Waals surface area contributed by atoms with Crippen molar-refractivity contribution in [1.29, 1.82) is 0 Å². The Hall–Kier alpha value is -1.69.